The first-order valence-electron chi connectivity index (χ1n) is 5.74. The second kappa shape index (κ2) is 3.52. The number of fused-ring (bicyclic) bond motifs is 1. The Morgan fingerprint density at radius 1 is 1.31 bits per heavy atom. The largest absolute Gasteiger partial charge is 0.396 e. The summed E-state index contributed by atoms with van der Waals surface area (Å²) >= 11 is 0. The molecule has 1 fully saturated rings. The van der Waals surface area contributed by atoms with Gasteiger partial charge in [-0.2, -0.15) is 0 Å². The molecule has 84 valence electrons. The second-order valence-corrected chi connectivity index (χ2v) is 4.78. The van der Waals surface area contributed by atoms with Crippen molar-refractivity contribution in [2.24, 2.45) is 5.41 Å². The standard InChI is InChI=1S/C13H16N2O/c16-9-13(5-6-13)8-14-12-7-10-3-1-2-4-11(10)15-12/h1-4,7,14-16H,5-6,8-9H2. The van der Waals surface area contributed by atoms with E-state index in [9.17, 15) is 5.11 Å². The van der Waals surface area contributed by atoms with Crippen LogP contribution in [0.1, 0.15) is 12.8 Å². The van der Waals surface area contributed by atoms with Gasteiger partial charge in [-0.05, 0) is 25.0 Å². The highest BCUT2D eigenvalue weighted by molar-refractivity contribution is 5.83. The van der Waals surface area contributed by atoms with Crippen LogP contribution >= 0.6 is 0 Å². The minimum Gasteiger partial charge on any atom is -0.396 e. The van der Waals surface area contributed by atoms with Crippen LogP contribution in [0.15, 0.2) is 30.3 Å². The molecule has 1 aromatic heterocycles. The van der Waals surface area contributed by atoms with E-state index in [0.29, 0.717) is 6.61 Å². The first-order valence-corrected chi connectivity index (χ1v) is 5.74. The SMILES string of the molecule is OCC1(CNc2cc3ccccc3[nH]2)CC1. The van der Waals surface area contributed by atoms with E-state index < -0.39 is 0 Å². The van der Waals surface area contributed by atoms with Crippen molar-refractivity contribution in [1.82, 2.24) is 4.98 Å². The molecule has 16 heavy (non-hydrogen) atoms. The van der Waals surface area contributed by atoms with Gasteiger partial charge in [0, 0.05) is 22.9 Å². The van der Waals surface area contributed by atoms with Crippen LogP contribution in [0, 0.1) is 5.41 Å². The molecule has 0 radical (unpaired) electrons. The third-order valence-electron chi connectivity index (χ3n) is 3.48. The van der Waals surface area contributed by atoms with E-state index in [1.165, 1.54) is 5.39 Å². The number of rotatable bonds is 4. The number of H-pyrrole nitrogens is 1. The van der Waals surface area contributed by atoms with Crippen molar-refractivity contribution in [1.29, 1.82) is 0 Å². The predicted molar refractivity (Wildman–Crippen MR) is 65.5 cm³/mol. The summed E-state index contributed by atoms with van der Waals surface area (Å²) in [4.78, 5) is 3.33. The van der Waals surface area contributed by atoms with Gasteiger partial charge in [0.15, 0.2) is 0 Å². The Bertz CT molecular complexity index is 466. The number of aromatic amines is 1. The number of aromatic nitrogens is 1. The summed E-state index contributed by atoms with van der Waals surface area (Å²) in [7, 11) is 0. The van der Waals surface area contributed by atoms with E-state index >= 15 is 0 Å². The quantitative estimate of drug-likeness (QED) is 0.734. The van der Waals surface area contributed by atoms with Crippen molar-refractivity contribution in [2.45, 2.75) is 12.8 Å². The third kappa shape index (κ3) is 1.67. The summed E-state index contributed by atoms with van der Waals surface area (Å²) in [6.07, 6.45) is 2.27. The molecule has 1 heterocycles. The molecule has 0 spiro atoms. The minimum absolute atomic E-state index is 0.150. The summed E-state index contributed by atoms with van der Waals surface area (Å²) in [6.45, 7) is 1.15. The summed E-state index contributed by atoms with van der Waals surface area (Å²) in [5.41, 5.74) is 1.30. The Morgan fingerprint density at radius 3 is 2.81 bits per heavy atom. The fraction of sp³-hybridized carbons (Fsp3) is 0.385. The van der Waals surface area contributed by atoms with Crippen molar-refractivity contribution >= 4 is 16.7 Å². The van der Waals surface area contributed by atoms with Gasteiger partial charge >= 0.3 is 0 Å². The van der Waals surface area contributed by atoms with Gasteiger partial charge in [-0.3, -0.25) is 0 Å². The van der Waals surface area contributed by atoms with E-state index in [1.807, 2.05) is 12.1 Å². The van der Waals surface area contributed by atoms with Crippen LogP contribution in [0.5, 0.6) is 0 Å². The van der Waals surface area contributed by atoms with Gasteiger partial charge in [0.2, 0.25) is 0 Å². The number of aliphatic hydroxyl groups is 1. The van der Waals surface area contributed by atoms with Gasteiger partial charge in [-0.25, -0.2) is 0 Å². The lowest BCUT2D eigenvalue weighted by atomic mass is 10.1. The molecule has 2 aromatic rings. The first-order chi connectivity index (χ1) is 7.81. The maximum atomic E-state index is 9.22. The van der Waals surface area contributed by atoms with Crippen LogP contribution in [-0.4, -0.2) is 23.2 Å². The number of nitrogens with one attached hydrogen (secondary N) is 2. The van der Waals surface area contributed by atoms with Gasteiger partial charge in [-0.1, -0.05) is 18.2 Å². The Hall–Kier alpha value is -1.48. The molecule has 0 aliphatic heterocycles. The highest BCUT2D eigenvalue weighted by atomic mass is 16.3. The number of para-hydroxylation sites is 1. The summed E-state index contributed by atoms with van der Waals surface area (Å²) in [6, 6.07) is 10.3. The van der Waals surface area contributed by atoms with Crippen molar-refractivity contribution in [3.05, 3.63) is 30.3 Å². The highest BCUT2D eigenvalue weighted by Gasteiger charge is 2.41. The number of benzene rings is 1. The van der Waals surface area contributed by atoms with E-state index in [1.54, 1.807) is 0 Å². The van der Waals surface area contributed by atoms with Crippen molar-refractivity contribution < 1.29 is 5.11 Å². The average Bonchev–Trinajstić information content (AvgIpc) is 2.98. The highest BCUT2D eigenvalue weighted by Crippen LogP contribution is 2.44. The zero-order chi connectivity index (χ0) is 11.0. The van der Waals surface area contributed by atoms with Crippen LogP contribution < -0.4 is 5.32 Å². The molecule has 0 bridgehead atoms. The molecular formula is C13H16N2O. The molecule has 3 nitrogen and oxygen atoms in total. The zero-order valence-electron chi connectivity index (χ0n) is 9.16. The molecule has 0 unspecified atom stereocenters. The van der Waals surface area contributed by atoms with Gasteiger partial charge in [-0.15, -0.1) is 0 Å². The molecule has 0 amide bonds. The van der Waals surface area contributed by atoms with E-state index in [2.05, 4.69) is 28.5 Å². The maximum Gasteiger partial charge on any atom is 0.104 e. The lowest BCUT2D eigenvalue weighted by Crippen LogP contribution is -2.19. The minimum atomic E-state index is 0.150. The Kier molecular flexibility index (Phi) is 2.14. The normalized spacial score (nSPS) is 17.6. The fourth-order valence-electron chi connectivity index (χ4n) is 2.02. The summed E-state index contributed by atoms with van der Waals surface area (Å²) in [5.74, 6) is 1.04. The van der Waals surface area contributed by atoms with E-state index in [-0.39, 0.29) is 5.41 Å². The van der Waals surface area contributed by atoms with Crippen LogP contribution in [0.2, 0.25) is 0 Å². The lowest BCUT2D eigenvalue weighted by Gasteiger charge is -2.12. The van der Waals surface area contributed by atoms with Crippen molar-refractivity contribution in [3.8, 4) is 0 Å². The number of hydrogen-bond acceptors (Lipinski definition) is 2. The number of hydrogen-bond donors (Lipinski definition) is 3. The van der Waals surface area contributed by atoms with E-state index in [4.69, 9.17) is 0 Å². The predicted octanol–water partition coefficient (Wildman–Crippen LogP) is 2.35. The average molecular weight is 216 g/mol. The molecule has 1 saturated carbocycles. The third-order valence-corrected chi connectivity index (χ3v) is 3.48. The van der Waals surface area contributed by atoms with Crippen molar-refractivity contribution in [2.75, 3.05) is 18.5 Å². The number of anilines is 1. The molecule has 3 heteroatoms. The van der Waals surface area contributed by atoms with Crippen LogP contribution in [0.4, 0.5) is 5.82 Å². The topological polar surface area (TPSA) is 48.0 Å². The molecule has 1 aliphatic carbocycles. The maximum absolute atomic E-state index is 9.22. The smallest absolute Gasteiger partial charge is 0.104 e. The molecule has 1 aromatic carbocycles. The first kappa shape index (κ1) is 9.73. The molecule has 0 atom stereocenters. The Balaban J connectivity index is 1.74. The summed E-state index contributed by atoms with van der Waals surface area (Å²) < 4.78 is 0. The summed E-state index contributed by atoms with van der Waals surface area (Å²) in [5, 5.41) is 13.8. The van der Waals surface area contributed by atoms with Gasteiger partial charge < -0.3 is 15.4 Å². The molecule has 1 aliphatic rings. The Morgan fingerprint density at radius 2 is 2.12 bits per heavy atom. The van der Waals surface area contributed by atoms with Gasteiger partial charge in [0.05, 0.1) is 6.61 Å². The van der Waals surface area contributed by atoms with Crippen LogP contribution in [0.25, 0.3) is 10.9 Å². The molecule has 3 N–H and O–H groups in total. The van der Waals surface area contributed by atoms with Crippen LogP contribution in [-0.2, 0) is 0 Å². The van der Waals surface area contributed by atoms with Crippen molar-refractivity contribution in [3.63, 3.8) is 0 Å². The zero-order valence-corrected chi connectivity index (χ0v) is 9.16. The molecular weight excluding hydrogens is 200 g/mol. The monoisotopic (exact) mass is 216 g/mol. The van der Waals surface area contributed by atoms with Gasteiger partial charge in [0.25, 0.3) is 0 Å². The van der Waals surface area contributed by atoms with E-state index in [0.717, 1.165) is 30.7 Å². The van der Waals surface area contributed by atoms with Gasteiger partial charge in [0.1, 0.15) is 5.82 Å². The number of aliphatic hydroxyl groups excluding tert-OH is 1. The lowest BCUT2D eigenvalue weighted by molar-refractivity contribution is 0.219. The Labute approximate surface area is 94.5 Å². The molecule has 3 rings (SSSR count). The second-order valence-electron chi connectivity index (χ2n) is 4.78. The van der Waals surface area contributed by atoms with Crippen LogP contribution in [0.3, 0.4) is 0 Å². The molecule has 0 saturated heterocycles. The fourth-order valence-corrected chi connectivity index (χ4v) is 2.02.